The summed E-state index contributed by atoms with van der Waals surface area (Å²) in [7, 11) is 0. The van der Waals surface area contributed by atoms with E-state index in [1.54, 1.807) is 18.2 Å². The fourth-order valence-corrected chi connectivity index (χ4v) is 3.64. The van der Waals surface area contributed by atoms with E-state index in [-0.39, 0.29) is 22.4 Å². The second kappa shape index (κ2) is 7.96. The largest absolute Gasteiger partial charge is 0.507 e. The highest BCUT2D eigenvalue weighted by Gasteiger charge is 2.47. The van der Waals surface area contributed by atoms with Gasteiger partial charge in [-0.2, -0.15) is 13.2 Å². The molecule has 0 radical (unpaired) electrons. The van der Waals surface area contributed by atoms with Gasteiger partial charge in [0.05, 0.1) is 17.2 Å². The summed E-state index contributed by atoms with van der Waals surface area (Å²) in [6.07, 6.45) is -4.67. The fourth-order valence-electron chi connectivity index (χ4n) is 3.64. The van der Waals surface area contributed by atoms with Gasteiger partial charge in [-0.3, -0.25) is 14.5 Å². The Morgan fingerprint density at radius 3 is 2.16 bits per heavy atom. The molecular weight excluding hydrogens is 426 g/mol. The van der Waals surface area contributed by atoms with Gasteiger partial charge in [-0.15, -0.1) is 0 Å². The van der Waals surface area contributed by atoms with E-state index < -0.39 is 41.0 Å². The lowest BCUT2D eigenvalue weighted by Crippen LogP contribution is -2.29. The van der Waals surface area contributed by atoms with Crippen LogP contribution in [0.5, 0.6) is 0 Å². The van der Waals surface area contributed by atoms with Gasteiger partial charge in [0, 0.05) is 11.3 Å². The summed E-state index contributed by atoms with van der Waals surface area (Å²) in [6.45, 7) is 0. The third kappa shape index (κ3) is 3.75. The van der Waals surface area contributed by atoms with Crippen LogP contribution in [0.2, 0.25) is 0 Å². The predicted molar refractivity (Wildman–Crippen MR) is 109 cm³/mol. The molecule has 1 saturated heterocycles. The summed E-state index contributed by atoms with van der Waals surface area (Å²) in [5, 5.41) is 10.9. The molecule has 1 unspecified atom stereocenters. The van der Waals surface area contributed by atoms with Crippen molar-refractivity contribution in [1.29, 1.82) is 0 Å². The van der Waals surface area contributed by atoms with Crippen molar-refractivity contribution in [3.8, 4) is 0 Å². The minimum Gasteiger partial charge on any atom is -0.507 e. The average Bonchev–Trinajstić information content (AvgIpc) is 3.04. The lowest BCUT2D eigenvalue weighted by Gasteiger charge is -2.26. The number of aliphatic hydroxyl groups excluding tert-OH is 1. The van der Waals surface area contributed by atoms with E-state index in [4.69, 9.17) is 0 Å². The molecule has 162 valence electrons. The molecule has 1 aliphatic rings. The quantitative estimate of drug-likeness (QED) is 0.254. The Balaban J connectivity index is 1.94. The average molecular weight is 441 g/mol. The fraction of sp³-hybridized carbons (Fsp3) is 0.0833. The number of alkyl halides is 3. The van der Waals surface area contributed by atoms with Crippen LogP contribution < -0.4 is 4.90 Å². The van der Waals surface area contributed by atoms with E-state index in [0.29, 0.717) is 0 Å². The van der Waals surface area contributed by atoms with Crippen molar-refractivity contribution in [3.05, 3.63) is 107 Å². The van der Waals surface area contributed by atoms with Crippen LogP contribution in [0.1, 0.15) is 22.7 Å². The van der Waals surface area contributed by atoms with Gasteiger partial charge >= 0.3 is 6.18 Å². The van der Waals surface area contributed by atoms with Crippen LogP contribution in [0, 0.1) is 5.82 Å². The number of benzene rings is 3. The molecule has 3 aromatic rings. The molecule has 4 nitrogen and oxygen atoms in total. The number of ketones is 1. The van der Waals surface area contributed by atoms with Gasteiger partial charge in [0.2, 0.25) is 0 Å². The first-order valence-corrected chi connectivity index (χ1v) is 9.47. The summed E-state index contributed by atoms with van der Waals surface area (Å²) in [4.78, 5) is 26.8. The predicted octanol–water partition coefficient (Wildman–Crippen LogP) is 5.47. The van der Waals surface area contributed by atoms with E-state index in [0.717, 1.165) is 35.2 Å². The smallest absolute Gasteiger partial charge is 0.416 e. The van der Waals surface area contributed by atoms with Crippen molar-refractivity contribution in [2.45, 2.75) is 12.2 Å². The number of carbonyl (C=O) groups is 2. The van der Waals surface area contributed by atoms with Crippen molar-refractivity contribution < 1.29 is 32.3 Å². The maximum Gasteiger partial charge on any atom is 0.416 e. The SMILES string of the molecule is O=C1C(=O)N(c2cccc(C(F)(F)F)c2)C(c2ccc(F)cc2)C1=C(O)c1ccccc1. The first-order chi connectivity index (χ1) is 15.2. The zero-order valence-corrected chi connectivity index (χ0v) is 16.3. The molecule has 1 atom stereocenters. The van der Waals surface area contributed by atoms with Crippen molar-refractivity contribution in [3.63, 3.8) is 0 Å². The third-order valence-electron chi connectivity index (χ3n) is 5.13. The van der Waals surface area contributed by atoms with E-state index in [2.05, 4.69) is 0 Å². The van der Waals surface area contributed by atoms with Crippen LogP contribution in [0.3, 0.4) is 0 Å². The van der Waals surface area contributed by atoms with Gasteiger partial charge in [0.25, 0.3) is 11.7 Å². The van der Waals surface area contributed by atoms with Crippen molar-refractivity contribution in [1.82, 2.24) is 0 Å². The topological polar surface area (TPSA) is 57.6 Å². The van der Waals surface area contributed by atoms with Crippen LogP contribution in [-0.4, -0.2) is 16.8 Å². The second-order valence-corrected chi connectivity index (χ2v) is 7.13. The van der Waals surface area contributed by atoms with E-state index in [9.17, 15) is 32.3 Å². The van der Waals surface area contributed by atoms with Crippen LogP contribution in [-0.2, 0) is 15.8 Å². The van der Waals surface area contributed by atoms with Gasteiger partial charge in [0.15, 0.2) is 0 Å². The molecule has 0 aromatic heterocycles. The highest BCUT2D eigenvalue weighted by Crippen LogP contribution is 2.43. The molecule has 1 aliphatic heterocycles. The molecule has 1 heterocycles. The Hall–Kier alpha value is -3.94. The van der Waals surface area contributed by atoms with Crippen molar-refractivity contribution in [2.75, 3.05) is 4.90 Å². The van der Waals surface area contributed by atoms with Crippen molar-refractivity contribution in [2.24, 2.45) is 0 Å². The number of carbonyl (C=O) groups excluding carboxylic acids is 2. The Bertz CT molecular complexity index is 1220. The molecule has 1 fully saturated rings. The Kier molecular flexibility index (Phi) is 5.30. The lowest BCUT2D eigenvalue weighted by molar-refractivity contribution is -0.137. The number of hydrogen-bond acceptors (Lipinski definition) is 3. The number of Topliss-reactive ketones (excluding diaryl/α,β-unsaturated/α-hetero) is 1. The number of hydrogen-bond donors (Lipinski definition) is 1. The zero-order valence-electron chi connectivity index (χ0n) is 16.3. The van der Waals surface area contributed by atoms with Crippen LogP contribution in [0.4, 0.5) is 23.2 Å². The maximum absolute atomic E-state index is 13.5. The molecule has 1 N–H and O–H groups in total. The number of aliphatic hydroxyl groups is 1. The highest BCUT2D eigenvalue weighted by atomic mass is 19.4. The number of amides is 1. The molecule has 3 aromatic carbocycles. The van der Waals surface area contributed by atoms with E-state index >= 15 is 0 Å². The molecule has 0 spiro atoms. The van der Waals surface area contributed by atoms with Crippen LogP contribution in [0.25, 0.3) is 5.76 Å². The number of halogens is 4. The number of rotatable bonds is 3. The van der Waals surface area contributed by atoms with Crippen LogP contribution >= 0.6 is 0 Å². The van der Waals surface area contributed by atoms with Gasteiger partial charge in [-0.05, 0) is 35.9 Å². The monoisotopic (exact) mass is 441 g/mol. The standard InChI is InChI=1S/C24H15F4NO3/c25-17-11-9-14(10-12-17)20-19(21(30)15-5-2-1-3-6-15)22(31)23(32)29(20)18-8-4-7-16(13-18)24(26,27)28/h1-13,20,30H. The first kappa shape index (κ1) is 21.3. The summed E-state index contributed by atoms with van der Waals surface area (Å²) in [5.41, 5.74) is -0.978. The van der Waals surface area contributed by atoms with Gasteiger partial charge in [-0.1, -0.05) is 48.5 Å². The minimum absolute atomic E-state index is 0.177. The Labute approximate surface area is 180 Å². The maximum atomic E-state index is 13.5. The zero-order chi connectivity index (χ0) is 23.0. The number of nitrogens with zero attached hydrogens (tertiary/aromatic N) is 1. The lowest BCUT2D eigenvalue weighted by atomic mass is 9.95. The summed E-state index contributed by atoms with van der Waals surface area (Å²) in [6, 6.07) is 15.5. The third-order valence-corrected chi connectivity index (χ3v) is 5.13. The van der Waals surface area contributed by atoms with Crippen LogP contribution in [0.15, 0.2) is 84.4 Å². The molecule has 32 heavy (non-hydrogen) atoms. The second-order valence-electron chi connectivity index (χ2n) is 7.13. The van der Waals surface area contributed by atoms with E-state index in [1.807, 2.05) is 0 Å². The Morgan fingerprint density at radius 2 is 1.53 bits per heavy atom. The Morgan fingerprint density at radius 1 is 0.875 bits per heavy atom. The molecule has 0 bridgehead atoms. The molecule has 1 amide bonds. The summed E-state index contributed by atoms with van der Waals surface area (Å²) < 4.78 is 53.3. The van der Waals surface area contributed by atoms with Crippen molar-refractivity contribution >= 4 is 23.1 Å². The molecular formula is C24H15F4NO3. The number of anilines is 1. The first-order valence-electron chi connectivity index (χ1n) is 9.47. The summed E-state index contributed by atoms with van der Waals surface area (Å²) in [5.74, 6) is -3.21. The van der Waals surface area contributed by atoms with Gasteiger partial charge in [0.1, 0.15) is 11.6 Å². The summed E-state index contributed by atoms with van der Waals surface area (Å²) >= 11 is 0. The molecule has 0 aliphatic carbocycles. The normalized spacial score (nSPS) is 18.2. The highest BCUT2D eigenvalue weighted by molar-refractivity contribution is 6.51. The molecule has 4 rings (SSSR count). The minimum atomic E-state index is -4.67. The molecule has 0 saturated carbocycles. The van der Waals surface area contributed by atoms with Gasteiger partial charge < -0.3 is 5.11 Å². The van der Waals surface area contributed by atoms with E-state index in [1.165, 1.54) is 30.3 Å². The van der Waals surface area contributed by atoms with Gasteiger partial charge in [-0.25, -0.2) is 4.39 Å². The molecule has 8 heteroatoms.